The van der Waals surface area contributed by atoms with E-state index in [0.717, 1.165) is 41.8 Å². The molecule has 0 radical (unpaired) electrons. The van der Waals surface area contributed by atoms with Gasteiger partial charge >= 0.3 is 0 Å². The number of aromatic amines is 1. The van der Waals surface area contributed by atoms with Gasteiger partial charge in [-0.05, 0) is 41.4 Å². The van der Waals surface area contributed by atoms with Crippen LogP contribution in [0.5, 0.6) is 0 Å². The maximum absolute atomic E-state index is 11.6. The Hall–Kier alpha value is -2.50. The minimum atomic E-state index is -0.391. The van der Waals surface area contributed by atoms with E-state index in [9.17, 15) is 4.79 Å². The van der Waals surface area contributed by atoms with Crippen molar-refractivity contribution in [3.8, 4) is 0 Å². The van der Waals surface area contributed by atoms with Crippen LogP contribution in [0.15, 0.2) is 60.8 Å². The molecule has 1 amide bonds. The van der Waals surface area contributed by atoms with Crippen LogP contribution in [0.2, 0.25) is 0 Å². The van der Waals surface area contributed by atoms with Crippen molar-refractivity contribution in [1.82, 2.24) is 10.3 Å². The highest BCUT2D eigenvalue weighted by atomic mass is 32.2. The van der Waals surface area contributed by atoms with Crippen LogP contribution in [0, 0.1) is 0 Å². The predicted octanol–water partition coefficient (Wildman–Crippen LogP) is 4.34. The van der Waals surface area contributed by atoms with Crippen LogP contribution in [0.3, 0.4) is 0 Å². The molecule has 144 valence electrons. The Labute approximate surface area is 169 Å². The first-order valence-corrected chi connectivity index (χ1v) is 10.8. The number of para-hydroxylation sites is 1. The fourth-order valence-electron chi connectivity index (χ4n) is 3.81. The van der Waals surface area contributed by atoms with Crippen molar-refractivity contribution in [1.29, 1.82) is 0 Å². The molecule has 3 aromatic rings. The molecule has 4 rings (SSSR count). The number of carbonyl (C=O) groups excluding carboxylic acids is 1. The van der Waals surface area contributed by atoms with E-state index >= 15 is 0 Å². The van der Waals surface area contributed by atoms with Gasteiger partial charge in [0.15, 0.2) is 0 Å². The quantitative estimate of drug-likeness (QED) is 0.525. The maximum Gasteiger partial charge on any atom is 0.250 e. The minimum absolute atomic E-state index is 0.391. The molecular formula is C23H25N3OS. The van der Waals surface area contributed by atoms with E-state index in [0.29, 0.717) is 11.6 Å². The molecule has 1 atom stereocenters. The topological polar surface area (TPSA) is 70.9 Å². The second-order valence-electron chi connectivity index (χ2n) is 7.15. The van der Waals surface area contributed by atoms with Crippen LogP contribution >= 0.6 is 11.8 Å². The molecule has 0 aliphatic carbocycles. The summed E-state index contributed by atoms with van der Waals surface area (Å²) in [6.07, 6.45) is 6.53. The second-order valence-corrected chi connectivity index (χ2v) is 8.26. The van der Waals surface area contributed by atoms with Gasteiger partial charge in [0.25, 0.3) is 5.91 Å². The molecule has 5 heteroatoms. The number of hydrogen-bond donors (Lipinski definition) is 3. The van der Waals surface area contributed by atoms with E-state index in [2.05, 4.69) is 46.7 Å². The standard InChI is InChI=1S/C23H25N3OS/c24-23(27)21-8-4-7-20-18(14-26-22(20)21)15-28-12-10-19-13-17(9-11-25-19)16-5-2-1-3-6-16/h1-9,14,19,25-26H,10-13,15H2,(H2,24,27). The number of carbonyl (C=O) groups is 1. The molecule has 4 N–H and O–H groups in total. The van der Waals surface area contributed by atoms with Crippen LogP contribution in [0.1, 0.15) is 34.3 Å². The number of benzene rings is 2. The molecule has 1 aromatic heterocycles. The summed E-state index contributed by atoms with van der Waals surface area (Å²) in [6, 6.07) is 16.9. The smallest absolute Gasteiger partial charge is 0.250 e. The summed E-state index contributed by atoms with van der Waals surface area (Å²) in [6.45, 7) is 0.942. The number of rotatable bonds is 7. The number of fused-ring (bicyclic) bond motifs is 1. The monoisotopic (exact) mass is 391 g/mol. The molecule has 0 saturated heterocycles. The van der Waals surface area contributed by atoms with E-state index in [1.54, 1.807) is 6.07 Å². The number of primary amides is 1. The fourth-order valence-corrected chi connectivity index (χ4v) is 4.86. The molecule has 0 bridgehead atoms. The Morgan fingerprint density at radius 1 is 1.14 bits per heavy atom. The van der Waals surface area contributed by atoms with Gasteiger partial charge in [0, 0.05) is 29.9 Å². The number of nitrogens with two attached hydrogens (primary N) is 1. The van der Waals surface area contributed by atoms with E-state index in [4.69, 9.17) is 5.73 Å². The molecule has 1 aliphatic rings. The summed E-state index contributed by atoms with van der Waals surface area (Å²) in [5.74, 6) is 1.63. The zero-order valence-electron chi connectivity index (χ0n) is 15.8. The zero-order chi connectivity index (χ0) is 19.3. The average Bonchev–Trinajstić information content (AvgIpc) is 3.15. The first-order valence-electron chi connectivity index (χ1n) is 9.66. The Bertz CT molecular complexity index is 994. The van der Waals surface area contributed by atoms with E-state index in [-0.39, 0.29) is 0 Å². The third kappa shape index (κ3) is 4.16. The molecule has 0 fully saturated rings. The van der Waals surface area contributed by atoms with Crippen LogP contribution in [0.4, 0.5) is 0 Å². The number of H-pyrrole nitrogens is 1. The average molecular weight is 392 g/mol. The lowest BCUT2D eigenvalue weighted by Gasteiger charge is -2.24. The predicted molar refractivity (Wildman–Crippen MR) is 118 cm³/mol. The third-order valence-electron chi connectivity index (χ3n) is 5.30. The summed E-state index contributed by atoms with van der Waals surface area (Å²) < 4.78 is 0. The number of nitrogens with one attached hydrogen (secondary N) is 2. The van der Waals surface area contributed by atoms with Gasteiger partial charge in [0.1, 0.15) is 0 Å². The molecule has 0 spiro atoms. The Morgan fingerprint density at radius 3 is 2.82 bits per heavy atom. The lowest BCUT2D eigenvalue weighted by atomic mass is 9.94. The second kappa shape index (κ2) is 8.67. The first-order chi connectivity index (χ1) is 13.7. The van der Waals surface area contributed by atoms with Crippen molar-refractivity contribution < 1.29 is 4.79 Å². The fraction of sp³-hybridized carbons (Fsp3) is 0.261. The van der Waals surface area contributed by atoms with Crippen molar-refractivity contribution in [2.45, 2.75) is 24.6 Å². The van der Waals surface area contributed by atoms with Crippen molar-refractivity contribution in [2.75, 3.05) is 12.3 Å². The summed E-state index contributed by atoms with van der Waals surface area (Å²) in [5, 5.41) is 4.71. The lowest BCUT2D eigenvalue weighted by molar-refractivity contribution is 0.100. The van der Waals surface area contributed by atoms with E-state index in [1.165, 1.54) is 16.7 Å². The largest absolute Gasteiger partial charge is 0.366 e. The van der Waals surface area contributed by atoms with Gasteiger partial charge < -0.3 is 16.0 Å². The first kappa shape index (κ1) is 18.8. The molecule has 2 aromatic carbocycles. The van der Waals surface area contributed by atoms with Crippen LogP contribution in [-0.2, 0) is 5.75 Å². The van der Waals surface area contributed by atoms with Gasteiger partial charge in [-0.3, -0.25) is 4.79 Å². The Balaban J connectivity index is 1.31. The molecule has 2 heterocycles. The number of amides is 1. The van der Waals surface area contributed by atoms with Crippen molar-refractivity contribution in [3.63, 3.8) is 0 Å². The zero-order valence-corrected chi connectivity index (χ0v) is 16.6. The summed E-state index contributed by atoms with van der Waals surface area (Å²) in [4.78, 5) is 14.8. The van der Waals surface area contributed by atoms with Gasteiger partial charge in [-0.15, -0.1) is 0 Å². The minimum Gasteiger partial charge on any atom is -0.366 e. The van der Waals surface area contributed by atoms with Gasteiger partial charge in [0.2, 0.25) is 0 Å². The highest BCUT2D eigenvalue weighted by molar-refractivity contribution is 7.98. The third-order valence-corrected chi connectivity index (χ3v) is 6.34. The molecule has 4 nitrogen and oxygen atoms in total. The van der Waals surface area contributed by atoms with E-state index < -0.39 is 5.91 Å². The molecule has 0 saturated carbocycles. The number of hydrogen-bond acceptors (Lipinski definition) is 3. The highest BCUT2D eigenvalue weighted by Gasteiger charge is 2.16. The van der Waals surface area contributed by atoms with Crippen molar-refractivity contribution >= 4 is 34.1 Å². The van der Waals surface area contributed by atoms with Gasteiger partial charge in [-0.25, -0.2) is 0 Å². The highest BCUT2D eigenvalue weighted by Crippen LogP contribution is 2.27. The van der Waals surface area contributed by atoms with Gasteiger partial charge in [0.05, 0.1) is 11.1 Å². The summed E-state index contributed by atoms with van der Waals surface area (Å²) in [7, 11) is 0. The number of thioether (sulfide) groups is 1. The molecule has 1 aliphatic heterocycles. The van der Waals surface area contributed by atoms with Crippen LogP contribution < -0.4 is 11.1 Å². The van der Waals surface area contributed by atoms with Crippen molar-refractivity contribution in [2.24, 2.45) is 5.73 Å². The Morgan fingerprint density at radius 2 is 2.00 bits per heavy atom. The van der Waals surface area contributed by atoms with Gasteiger partial charge in [-0.1, -0.05) is 48.5 Å². The normalized spacial score (nSPS) is 16.9. The number of aromatic nitrogens is 1. The maximum atomic E-state index is 11.6. The van der Waals surface area contributed by atoms with Crippen LogP contribution in [-0.4, -0.2) is 29.2 Å². The van der Waals surface area contributed by atoms with Crippen LogP contribution in [0.25, 0.3) is 16.5 Å². The van der Waals surface area contributed by atoms with E-state index in [1.807, 2.05) is 30.1 Å². The van der Waals surface area contributed by atoms with Gasteiger partial charge in [-0.2, -0.15) is 11.8 Å². The van der Waals surface area contributed by atoms with Crippen molar-refractivity contribution in [3.05, 3.63) is 77.5 Å². The molecule has 28 heavy (non-hydrogen) atoms. The lowest BCUT2D eigenvalue weighted by Crippen LogP contribution is -2.33. The molecule has 1 unspecified atom stereocenters. The SMILES string of the molecule is NC(=O)c1cccc2c(CSCCC3CC(c4ccccc4)=CCN3)c[nH]c12. The summed E-state index contributed by atoms with van der Waals surface area (Å²) in [5.41, 5.74) is 10.9. The summed E-state index contributed by atoms with van der Waals surface area (Å²) >= 11 is 1.94. The molecular weight excluding hydrogens is 366 g/mol. The Kier molecular flexibility index (Phi) is 5.84.